The first kappa shape index (κ1) is 19.4. The van der Waals surface area contributed by atoms with Crippen molar-refractivity contribution in [2.75, 3.05) is 5.75 Å². The van der Waals surface area contributed by atoms with Gasteiger partial charge in [0, 0.05) is 6.04 Å². The molecule has 0 radical (unpaired) electrons. The van der Waals surface area contributed by atoms with Crippen LogP contribution in [0.25, 0.3) is 21.0 Å². The Morgan fingerprint density at radius 1 is 1.11 bits per heavy atom. The molecular weight excluding hydrogens is 408 g/mol. The van der Waals surface area contributed by atoms with E-state index in [9.17, 15) is 8.42 Å². The van der Waals surface area contributed by atoms with Crippen molar-refractivity contribution in [1.82, 2.24) is 9.71 Å². The highest BCUT2D eigenvalue weighted by atomic mass is 32.2. The van der Waals surface area contributed by atoms with Crippen LogP contribution in [0, 0.1) is 0 Å². The SMILES string of the molecule is CCSc1nc2ccc(S(=O)(=O)NC(C)c3cccc4ccccc34)cc2s1. The molecule has 3 aromatic carbocycles. The van der Waals surface area contributed by atoms with E-state index in [2.05, 4.69) is 16.6 Å². The quantitative estimate of drug-likeness (QED) is 0.406. The van der Waals surface area contributed by atoms with Crippen LogP contribution >= 0.6 is 23.1 Å². The first-order valence-electron chi connectivity index (χ1n) is 9.01. The van der Waals surface area contributed by atoms with Crippen LogP contribution in [0.2, 0.25) is 0 Å². The molecule has 0 aliphatic carbocycles. The van der Waals surface area contributed by atoms with E-state index in [0.29, 0.717) is 0 Å². The summed E-state index contributed by atoms with van der Waals surface area (Å²) in [5.74, 6) is 0.940. The number of hydrogen-bond donors (Lipinski definition) is 1. The number of hydrogen-bond acceptors (Lipinski definition) is 5. The molecule has 1 heterocycles. The van der Waals surface area contributed by atoms with Gasteiger partial charge in [-0.25, -0.2) is 18.1 Å². The Hall–Kier alpha value is -1.93. The Morgan fingerprint density at radius 2 is 1.89 bits per heavy atom. The van der Waals surface area contributed by atoms with Crippen molar-refractivity contribution in [2.45, 2.75) is 29.1 Å². The number of fused-ring (bicyclic) bond motifs is 2. The molecule has 0 bridgehead atoms. The number of thiazole rings is 1. The van der Waals surface area contributed by atoms with Crippen molar-refractivity contribution >= 4 is 54.1 Å². The van der Waals surface area contributed by atoms with Crippen LogP contribution in [0.5, 0.6) is 0 Å². The lowest BCUT2D eigenvalue weighted by Gasteiger charge is -2.17. The van der Waals surface area contributed by atoms with Crippen LogP contribution in [-0.2, 0) is 10.0 Å². The summed E-state index contributed by atoms with van der Waals surface area (Å²) in [7, 11) is -3.65. The molecule has 0 fully saturated rings. The summed E-state index contributed by atoms with van der Waals surface area (Å²) in [6.45, 7) is 3.95. The molecule has 1 atom stereocenters. The predicted molar refractivity (Wildman–Crippen MR) is 119 cm³/mol. The zero-order valence-corrected chi connectivity index (χ0v) is 18.0. The molecule has 28 heavy (non-hydrogen) atoms. The number of aromatic nitrogens is 1. The summed E-state index contributed by atoms with van der Waals surface area (Å²) < 4.78 is 30.7. The van der Waals surface area contributed by atoms with E-state index in [1.54, 1.807) is 30.0 Å². The number of sulfonamides is 1. The summed E-state index contributed by atoms with van der Waals surface area (Å²) in [5, 5.41) is 2.15. The second-order valence-corrected chi connectivity index (χ2v) is 10.7. The zero-order chi connectivity index (χ0) is 19.7. The zero-order valence-electron chi connectivity index (χ0n) is 15.5. The van der Waals surface area contributed by atoms with Crippen molar-refractivity contribution in [1.29, 1.82) is 0 Å². The molecule has 0 aliphatic rings. The minimum atomic E-state index is -3.65. The van der Waals surface area contributed by atoms with Crippen LogP contribution < -0.4 is 4.72 Å². The van der Waals surface area contributed by atoms with Gasteiger partial charge in [-0.2, -0.15) is 0 Å². The molecule has 0 amide bonds. The Bertz CT molecular complexity index is 1240. The largest absolute Gasteiger partial charge is 0.241 e. The van der Waals surface area contributed by atoms with Crippen LogP contribution in [0.3, 0.4) is 0 Å². The van der Waals surface area contributed by atoms with E-state index in [0.717, 1.165) is 36.6 Å². The van der Waals surface area contributed by atoms with E-state index < -0.39 is 10.0 Å². The second-order valence-electron chi connectivity index (χ2n) is 6.45. The van der Waals surface area contributed by atoms with E-state index in [-0.39, 0.29) is 10.9 Å². The van der Waals surface area contributed by atoms with Gasteiger partial charge in [-0.15, -0.1) is 11.3 Å². The highest BCUT2D eigenvalue weighted by molar-refractivity contribution is 8.01. The number of benzene rings is 3. The van der Waals surface area contributed by atoms with Crippen molar-refractivity contribution in [2.24, 2.45) is 0 Å². The molecule has 0 saturated carbocycles. The van der Waals surface area contributed by atoms with Crippen LogP contribution in [-0.4, -0.2) is 19.2 Å². The maximum atomic E-state index is 13.0. The number of thioether (sulfide) groups is 1. The van der Waals surface area contributed by atoms with Gasteiger partial charge in [0.25, 0.3) is 0 Å². The fraction of sp³-hybridized carbons (Fsp3) is 0.190. The van der Waals surface area contributed by atoms with Gasteiger partial charge in [-0.05, 0) is 47.2 Å². The smallest absolute Gasteiger partial charge is 0.230 e. The lowest BCUT2D eigenvalue weighted by molar-refractivity contribution is 0.568. The maximum absolute atomic E-state index is 13.0. The van der Waals surface area contributed by atoms with Crippen molar-refractivity contribution in [3.63, 3.8) is 0 Å². The maximum Gasteiger partial charge on any atom is 0.241 e. The van der Waals surface area contributed by atoms with Crippen LogP contribution in [0.1, 0.15) is 25.5 Å². The van der Waals surface area contributed by atoms with Gasteiger partial charge in [-0.1, -0.05) is 61.2 Å². The molecule has 4 aromatic rings. The summed E-state index contributed by atoms with van der Waals surface area (Å²) >= 11 is 3.19. The highest BCUT2D eigenvalue weighted by Crippen LogP contribution is 2.31. The van der Waals surface area contributed by atoms with E-state index >= 15 is 0 Å². The van der Waals surface area contributed by atoms with Gasteiger partial charge in [0.2, 0.25) is 10.0 Å². The van der Waals surface area contributed by atoms with E-state index in [4.69, 9.17) is 0 Å². The fourth-order valence-electron chi connectivity index (χ4n) is 3.23. The third-order valence-electron chi connectivity index (χ3n) is 4.54. The number of nitrogens with one attached hydrogen (secondary N) is 1. The number of nitrogens with zero attached hydrogens (tertiary/aromatic N) is 1. The number of rotatable bonds is 6. The van der Waals surface area contributed by atoms with Crippen molar-refractivity contribution in [3.8, 4) is 0 Å². The molecule has 0 saturated heterocycles. The second kappa shape index (κ2) is 7.83. The average molecular weight is 429 g/mol. The fourth-order valence-corrected chi connectivity index (χ4v) is 6.56. The van der Waals surface area contributed by atoms with E-state index in [1.807, 2.05) is 49.4 Å². The Balaban J connectivity index is 1.65. The van der Waals surface area contributed by atoms with Crippen molar-refractivity contribution in [3.05, 3.63) is 66.2 Å². The molecule has 0 aliphatic heterocycles. The van der Waals surface area contributed by atoms with Gasteiger partial charge in [0.05, 0.1) is 15.1 Å². The minimum Gasteiger partial charge on any atom is -0.230 e. The van der Waals surface area contributed by atoms with Crippen LogP contribution in [0.4, 0.5) is 0 Å². The first-order chi connectivity index (χ1) is 13.5. The van der Waals surface area contributed by atoms with E-state index in [1.165, 1.54) is 11.3 Å². The third kappa shape index (κ3) is 3.80. The highest BCUT2D eigenvalue weighted by Gasteiger charge is 2.20. The summed E-state index contributed by atoms with van der Waals surface area (Å²) in [6, 6.07) is 18.7. The standard InChI is InChI=1S/C21H20N2O2S3/c1-3-26-21-22-19-12-11-16(13-20(19)27-21)28(24,25)23-14(2)17-10-6-8-15-7-4-5-9-18(15)17/h4-14,23H,3H2,1-2H3. The minimum absolute atomic E-state index is 0.267. The van der Waals surface area contributed by atoms with Gasteiger partial charge < -0.3 is 0 Å². The lowest BCUT2D eigenvalue weighted by atomic mass is 10.0. The molecule has 0 spiro atoms. The van der Waals surface area contributed by atoms with Gasteiger partial charge in [-0.3, -0.25) is 0 Å². The monoisotopic (exact) mass is 428 g/mol. The molecular formula is C21H20N2O2S3. The summed E-state index contributed by atoms with van der Waals surface area (Å²) in [4.78, 5) is 4.80. The lowest BCUT2D eigenvalue weighted by Crippen LogP contribution is -2.27. The topological polar surface area (TPSA) is 59.1 Å². The molecule has 7 heteroatoms. The molecule has 144 valence electrons. The van der Waals surface area contributed by atoms with Gasteiger partial charge in [0.15, 0.2) is 4.34 Å². The Labute approximate surface area is 173 Å². The molecule has 4 nitrogen and oxygen atoms in total. The Morgan fingerprint density at radius 3 is 2.71 bits per heavy atom. The van der Waals surface area contributed by atoms with Gasteiger partial charge >= 0.3 is 0 Å². The predicted octanol–water partition coefficient (Wildman–Crippen LogP) is 5.60. The summed E-state index contributed by atoms with van der Waals surface area (Å²) in [6.07, 6.45) is 0. The third-order valence-corrected chi connectivity index (χ3v) is 8.12. The average Bonchev–Trinajstić information content (AvgIpc) is 3.09. The van der Waals surface area contributed by atoms with Crippen molar-refractivity contribution < 1.29 is 8.42 Å². The molecule has 1 unspecified atom stereocenters. The summed E-state index contributed by atoms with van der Waals surface area (Å²) in [5.41, 5.74) is 1.80. The normalized spacial score (nSPS) is 13.2. The molecule has 1 aromatic heterocycles. The Kier molecular flexibility index (Phi) is 5.42. The molecule has 1 N–H and O–H groups in total. The first-order valence-corrected chi connectivity index (χ1v) is 12.3. The van der Waals surface area contributed by atoms with Crippen LogP contribution in [0.15, 0.2) is 69.9 Å². The molecule has 4 rings (SSSR count). The van der Waals surface area contributed by atoms with Gasteiger partial charge in [0.1, 0.15) is 0 Å².